The van der Waals surface area contributed by atoms with E-state index in [1.54, 1.807) is 0 Å². The molecule has 0 rings (SSSR count). The summed E-state index contributed by atoms with van der Waals surface area (Å²) in [6, 6.07) is 1.24. The van der Waals surface area contributed by atoms with Crippen LogP contribution >= 0.6 is 0 Å². The SMILES string of the molecule is C=C[Si](C)(C)C(C)N(C(C)C)C(C)C. The second-order valence-electron chi connectivity index (χ2n) is 5.34. The Morgan fingerprint density at radius 1 is 1.00 bits per heavy atom. The highest BCUT2D eigenvalue weighted by molar-refractivity contribution is 6.83. The Bertz CT molecular complexity index is 177. The lowest BCUT2D eigenvalue weighted by atomic mass is 10.2. The lowest BCUT2D eigenvalue weighted by Gasteiger charge is -2.42. The average molecular weight is 213 g/mol. The van der Waals surface area contributed by atoms with E-state index in [-0.39, 0.29) is 0 Å². The molecule has 1 nitrogen and oxygen atoms in total. The van der Waals surface area contributed by atoms with E-state index >= 15 is 0 Å². The first-order valence-electron chi connectivity index (χ1n) is 5.65. The summed E-state index contributed by atoms with van der Waals surface area (Å²) in [5, 5.41) is 0. The van der Waals surface area contributed by atoms with E-state index in [0.29, 0.717) is 17.7 Å². The Hall–Kier alpha value is -0.0831. The zero-order valence-corrected chi connectivity index (χ0v) is 12.0. The fourth-order valence-corrected chi connectivity index (χ4v) is 3.75. The van der Waals surface area contributed by atoms with Crippen molar-refractivity contribution in [1.29, 1.82) is 0 Å². The third kappa shape index (κ3) is 3.25. The number of nitrogens with zero attached hydrogens (tertiary/aromatic N) is 1. The predicted molar refractivity (Wildman–Crippen MR) is 69.3 cm³/mol. The molecule has 0 aliphatic rings. The molecular weight excluding hydrogens is 186 g/mol. The smallest absolute Gasteiger partial charge is 0.0890 e. The minimum absolute atomic E-state index is 0.622. The maximum absolute atomic E-state index is 3.99. The first-order valence-corrected chi connectivity index (χ1v) is 8.80. The molecule has 0 radical (unpaired) electrons. The van der Waals surface area contributed by atoms with Crippen LogP contribution in [-0.2, 0) is 0 Å². The first kappa shape index (κ1) is 13.9. The third-order valence-corrected chi connectivity index (χ3v) is 6.75. The molecule has 14 heavy (non-hydrogen) atoms. The minimum atomic E-state index is -1.28. The van der Waals surface area contributed by atoms with Crippen molar-refractivity contribution in [2.24, 2.45) is 0 Å². The summed E-state index contributed by atoms with van der Waals surface area (Å²) in [4.78, 5) is 2.61. The topological polar surface area (TPSA) is 3.24 Å². The fourth-order valence-electron chi connectivity index (χ4n) is 2.05. The molecule has 84 valence electrons. The number of rotatable bonds is 5. The number of hydrogen-bond acceptors (Lipinski definition) is 1. The van der Waals surface area contributed by atoms with Crippen molar-refractivity contribution in [3.63, 3.8) is 0 Å². The first-order chi connectivity index (χ1) is 6.24. The maximum Gasteiger partial charge on any atom is 0.0890 e. The van der Waals surface area contributed by atoms with Crippen LogP contribution in [-0.4, -0.2) is 30.7 Å². The van der Waals surface area contributed by atoms with E-state index in [2.05, 4.69) is 64.9 Å². The van der Waals surface area contributed by atoms with Gasteiger partial charge in [-0.25, -0.2) is 0 Å². The van der Waals surface area contributed by atoms with Crippen LogP contribution in [0.3, 0.4) is 0 Å². The van der Waals surface area contributed by atoms with Crippen molar-refractivity contribution < 1.29 is 0 Å². The van der Waals surface area contributed by atoms with Crippen molar-refractivity contribution in [3.8, 4) is 0 Å². The molecule has 0 spiro atoms. The highest BCUT2D eigenvalue weighted by Crippen LogP contribution is 2.20. The molecule has 0 N–H and O–H groups in total. The molecule has 0 amide bonds. The van der Waals surface area contributed by atoms with Crippen molar-refractivity contribution in [1.82, 2.24) is 4.90 Å². The van der Waals surface area contributed by atoms with E-state index in [0.717, 1.165) is 0 Å². The molecule has 0 bridgehead atoms. The van der Waals surface area contributed by atoms with Gasteiger partial charge in [0.2, 0.25) is 0 Å². The second kappa shape index (κ2) is 5.13. The molecule has 0 heterocycles. The van der Waals surface area contributed by atoms with Crippen LogP contribution in [0.4, 0.5) is 0 Å². The summed E-state index contributed by atoms with van der Waals surface area (Å²) in [6.45, 7) is 20.3. The summed E-state index contributed by atoms with van der Waals surface area (Å²) in [5.74, 6) is 0. The molecule has 0 aromatic carbocycles. The van der Waals surface area contributed by atoms with Crippen molar-refractivity contribution in [3.05, 3.63) is 12.3 Å². The van der Waals surface area contributed by atoms with Gasteiger partial charge in [0, 0.05) is 17.7 Å². The van der Waals surface area contributed by atoms with Crippen LogP contribution in [0.25, 0.3) is 0 Å². The zero-order chi connectivity index (χ0) is 11.5. The molecule has 2 heteroatoms. The molecular formula is C12H27NSi. The Balaban J connectivity index is 4.76. The summed E-state index contributed by atoms with van der Waals surface area (Å²) in [5.41, 5.74) is 2.87. The van der Waals surface area contributed by atoms with E-state index in [4.69, 9.17) is 0 Å². The monoisotopic (exact) mass is 213 g/mol. The van der Waals surface area contributed by atoms with E-state index in [1.807, 2.05) is 0 Å². The predicted octanol–water partition coefficient (Wildman–Crippen LogP) is 3.47. The quantitative estimate of drug-likeness (QED) is 0.632. The van der Waals surface area contributed by atoms with E-state index in [1.165, 1.54) is 0 Å². The van der Waals surface area contributed by atoms with Crippen LogP contribution < -0.4 is 0 Å². The van der Waals surface area contributed by atoms with Crippen molar-refractivity contribution >= 4 is 8.07 Å². The lowest BCUT2D eigenvalue weighted by Crippen LogP contribution is -2.55. The van der Waals surface area contributed by atoms with Gasteiger partial charge in [0.05, 0.1) is 8.07 Å². The average Bonchev–Trinajstić information content (AvgIpc) is 2.02. The minimum Gasteiger partial charge on any atom is -0.298 e. The van der Waals surface area contributed by atoms with Gasteiger partial charge >= 0.3 is 0 Å². The van der Waals surface area contributed by atoms with Crippen LogP contribution in [0.15, 0.2) is 12.3 Å². The Labute approximate surface area is 91.2 Å². The van der Waals surface area contributed by atoms with Crippen molar-refractivity contribution in [2.75, 3.05) is 0 Å². The highest BCUT2D eigenvalue weighted by atomic mass is 28.3. The zero-order valence-electron chi connectivity index (χ0n) is 11.0. The highest BCUT2D eigenvalue weighted by Gasteiger charge is 2.32. The second-order valence-corrected chi connectivity index (χ2v) is 10.2. The summed E-state index contributed by atoms with van der Waals surface area (Å²) < 4.78 is 0. The van der Waals surface area contributed by atoms with Crippen LogP contribution in [0.5, 0.6) is 0 Å². The Kier molecular flexibility index (Phi) is 5.10. The van der Waals surface area contributed by atoms with E-state index < -0.39 is 8.07 Å². The molecule has 1 unspecified atom stereocenters. The normalized spacial score (nSPS) is 15.3. The van der Waals surface area contributed by atoms with Crippen LogP contribution in [0.2, 0.25) is 13.1 Å². The standard InChI is InChI=1S/C12H27NSi/c1-9-14(7,8)12(6)13(10(2)3)11(4)5/h9-12H,1H2,2-8H3. The fraction of sp³-hybridized carbons (Fsp3) is 0.833. The van der Waals surface area contributed by atoms with Gasteiger partial charge in [-0.1, -0.05) is 20.0 Å². The largest absolute Gasteiger partial charge is 0.298 e. The van der Waals surface area contributed by atoms with Crippen LogP contribution in [0.1, 0.15) is 34.6 Å². The number of hydrogen-bond donors (Lipinski definition) is 0. The third-order valence-electron chi connectivity index (χ3n) is 3.24. The molecule has 0 aromatic rings. The molecule has 0 saturated heterocycles. The summed E-state index contributed by atoms with van der Waals surface area (Å²) >= 11 is 0. The van der Waals surface area contributed by atoms with Gasteiger partial charge < -0.3 is 0 Å². The van der Waals surface area contributed by atoms with Crippen LogP contribution in [0, 0.1) is 0 Å². The maximum atomic E-state index is 3.99. The molecule has 0 fully saturated rings. The molecule has 1 atom stereocenters. The molecule has 0 saturated carbocycles. The van der Waals surface area contributed by atoms with Gasteiger partial charge in [-0.15, -0.1) is 12.3 Å². The van der Waals surface area contributed by atoms with Gasteiger partial charge in [0.15, 0.2) is 0 Å². The van der Waals surface area contributed by atoms with E-state index in [9.17, 15) is 0 Å². The lowest BCUT2D eigenvalue weighted by molar-refractivity contribution is 0.159. The Morgan fingerprint density at radius 2 is 1.36 bits per heavy atom. The van der Waals surface area contributed by atoms with Crippen molar-refractivity contribution in [2.45, 2.75) is 65.5 Å². The van der Waals surface area contributed by atoms with Gasteiger partial charge in [-0.2, -0.15) is 0 Å². The van der Waals surface area contributed by atoms with Gasteiger partial charge in [0.25, 0.3) is 0 Å². The van der Waals surface area contributed by atoms with Gasteiger partial charge in [-0.3, -0.25) is 4.90 Å². The Morgan fingerprint density at radius 3 is 1.57 bits per heavy atom. The molecule has 0 aliphatic heterocycles. The van der Waals surface area contributed by atoms with Gasteiger partial charge in [0.1, 0.15) is 0 Å². The summed E-state index contributed by atoms with van der Waals surface area (Å²) in [6.07, 6.45) is 0. The molecule has 0 aromatic heterocycles. The molecule has 0 aliphatic carbocycles. The van der Waals surface area contributed by atoms with Gasteiger partial charge in [-0.05, 0) is 27.7 Å². The summed E-state index contributed by atoms with van der Waals surface area (Å²) in [7, 11) is -1.28.